The summed E-state index contributed by atoms with van der Waals surface area (Å²) in [6.45, 7) is 8.11. The Morgan fingerprint density at radius 2 is 2.00 bits per heavy atom. The normalized spacial score (nSPS) is 12.0. The van der Waals surface area contributed by atoms with Crippen LogP contribution in [0.1, 0.15) is 38.8 Å². The molecule has 0 saturated carbocycles. The zero-order valence-corrected chi connectivity index (χ0v) is 16.8. The summed E-state index contributed by atoms with van der Waals surface area (Å²) in [6.07, 6.45) is 2.62. The Hall–Kier alpha value is -2.70. The second-order valence-electron chi connectivity index (χ2n) is 7.10. The molecule has 0 unspecified atom stereocenters. The fourth-order valence-electron chi connectivity index (χ4n) is 2.28. The van der Waals surface area contributed by atoms with Gasteiger partial charge in [-0.25, -0.2) is 4.98 Å². The molecule has 27 heavy (non-hydrogen) atoms. The summed E-state index contributed by atoms with van der Waals surface area (Å²) in [5, 5.41) is 6.45. The van der Waals surface area contributed by atoms with Gasteiger partial charge in [0.1, 0.15) is 17.3 Å². The molecule has 0 aliphatic carbocycles. The number of nitrogens with one attached hydrogen (secondary N) is 2. The Bertz CT molecular complexity index is 735. The van der Waals surface area contributed by atoms with Gasteiger partial charge in [-0.2, -0.15) is 0 Å². The first kappa shape index (κ1) is 20.6. The minimum absolute atomic E-state index is 0.0477. The monoisotopic (exact) mass is 374 g/mol. The van der Waals surface area contributed by atoms with E-state index in [4.69, 9.17) is 13.9 Å². The van der Waals surface area contributed by atoms with E-state index in [-0.39, 0.29) is 5.41 Å². The van der Waals surface area contributed by atoms with Crippen LogP contribution in [-0.2, 0) is 12.0 Å². The van der Waals surface area contributed by atoms with Crippen molar-refractivity contribution in [1.82, 2.24) is 15.6 Å². The SMILES string of the molecule is CN=C(NCCCOc1cccc(OC)c1)NCc1ncc(C(C)(C)C)o1. The van der Waals surface area contributed by atoms with Crippen LogP contribution in [0.2, 0.25) is 0 Å². The maximum atomic E-state index is 5.77. The number of hydrogen-bond donors (Lipinski definition) is 2. The van der Waals surface area contributed by atoms with E-state index in [0.717, 1.165) is 30.2 Å². The summed E-state index contributed by atoms with van der Waals surface area (Å²) in [5.41, 5.74) is -0.0477. The molecule has 0 aliphatic heterocycles. The maximum Gasteiger partial charge on any atom is 0.213 e. The molecular weight excluding hydrogens is 344 g/mol. The number of methoxy groups -OCH3 is 1. The van der Waals surface area contributed by atoms with Crippen LogP contribution in [0.25, 0.3) is 0 Å². The van der Waals surface area contributed by atoms with Crippen molar-refractivity contribution in [2.24, 2.45) is 4.99 Å². The Morgan fingerprint density at radius 3 is 2.67 bits per heavy atom. The highest BCUT2D eigenvalue weighted by Gasteiger charge is 2.19. The summed E-state index contributed by atoms with van der Waals surface area (Å²) < 4.78 is 16.7. The number of guanidine groups is 1. The average Bonchev–Trinajstić information content (AvgIpc) is 3.13. The van der Waals surface area contributed by atoms with Gasteiger partial charge in [0.05, 0.1) is 26.5 Å². The van der Waals surface area contributed by atoms with Gasteiger partial charge >= 0.3 is 0 Å². The molecule has 148 valence electrons. The lowest BCUT2D eigenvalue weighted by Crippen LogP contribution is -2.37. The van der Waals surface area contributed by atoms with E-state index in [1.54, 1.807) is 20.4 Å². The van der Waals surface area contributed by atoms with Crippen LogP contribution in [0.5, 0.6) is 11.5 Å². The van der Waals surface area contributed by atoms with Gasteiger partial charge in [-0.05, 0) is 18.6 Å². The van der Waals surface area contributed by atoms with E-state index >= 15 is 0 Å². The zero-order chi connectivity index (χ0) is 19.7. The van der Waals surface area contributed by atoms with E-state index < -0.39 is 0 Å². The molecule has 7 heteroatoms. The number of rotatable bonds is 8. The predicted molar refractivity (Wildman–Crippen MR) is 107 cm³/mol. The standard InChI is InChI=1S/C20H30N4O3/c1-20(2,3)17-13-23-18(27-17)14-24-19(21-4)22-10-7-11-26-16-9-6-8-15(12-16)25-5/h6,8-9,12-13H,7,10-11,14H2,1-5H3,(H2,21,22,24). The fourth-order valence-corrected chi connectivity index (χ4v) is 2.28. The summed E-state index contributed by atoms with van der Waals surface area (Å²) in [6, 6.07) is 7.59. The van der Waals surface area contributed by atoms with Crippen molar-refractivity contribution in [3.8, 4) is 11.5 Å². The van der Waals surface area contributed by atoms with Crippen molar-refractivity contribution >= 4 is 5.96 Å². The maximum absolute atomic E-state index is 5.77. The minimum Gasteiger partial charge on any atom is -0.497 e. The Balaban J connectivity index is 1.67. The van der Waals surface area contributed by atoms with Gasteiger partial charge < -0.3 is 24.5 Å². The van der Waals surface area contributed by atoms with Crippen molar-refractivity contribution < 1.29 is 13.9 Å². The molecule has 0 saturated heterocycles. The van der Waals surface area contributed by atoms with Gasteiger partial charge in [0, 0.05) is 25.1 Å². The second kappa shape index (κ2) is 9.85. The number of hydrogen-bond acceptors (Lipinski definition) is 5. The first-order chi connectivity index (χ1) is 12.9. The number of aromatic nitrogens is 1. The summed E-state index contributed by atoms with van der Waals surface area (Å²) in [4.78, 5) is 8.51. The van der Waals surface area contributed by atoms with Crippen LogP contribution in [0.3, 0.4) is 0 Å². The lowest BCUT2D eigenvalue weighted by Gasteiger charge is -2.13. The van der Waals surface area contributed by atoms with Gasteiger partial charge in [0.15, 0.2) is 5.96 Å². The quantitative estimate of drug-likeness (QED) is 0.420. The van der Waals surface area contributed by atoms with Gasteiger partial charge in [0.25, 0.3) is 0 Å². The van der Waals surface area contributed by atoms with E-state index in [0.29, 0.717) is 25.0 Å². The highest BCUT2D eigenvalue weighted by Crippen LogP contribution is 2.22. The molecule has 1 aromatic carbocycles. The van der Waals surface area contributed by atoms with Crippen LogP contribution in [-0.4, -0.2) is 38.3 Å². The Morgan fingerprint density at radius 1 is 1.22 bits per heavy atom. The average molecular weight is 374 g/mol. The Kier molecular flexibility index (Phi) is 7.52. The van der Waals surface area contributed by atoms with Crippen molar-refractivity contribution in [2.75, 3.05) is 27.3 Å². The molecule has 1 aromatic heterocycles. The highest BCUT2D eigenvalue weighted by atomic mass is 16.5. The number of ether oxygens (including phenoxy) is 2. The van der Waals surface area contributed by atoms with Crippen LogP contribution in [0, 0.1) is 0 Å². The van der Waals surface area contributed by atoms with E-state index in [9.17, 15) is 0 Å². The molecule has 0 atom stereocenters. The van der Waals surface area contributed by atoms with E-state index in [1.165, 1.54) is 0 Å². The molecule has 2 aromatic rings. The molecule has 0 amide bonds. The topological polar surface area (TPSA) is 80.9 Å². The molecule has 0 radical (unpaired) electrons. The summed E-state index contributed by atoms with van der Waals surface area (Å²) in [7, 11) is 3.38. The lowest BCUT2D eigenvalue weighted by atomic mass is 9.94. The predicted octanol–water partition coefficient (Wildman–Crippen LogP) is 3.11. The zero-order valence-electron chi connectivity index (χ0n) is 16.8. The lowest BCUT2D eigenvalue weighted by molar-refractivity contribution is 0.308. The smallest absolute Gasteiger partial charge is 0.213 e. The number of nitrogens with zero attached hydrogens (tertiary/aromatic N) is 2. The molecule has 0 aliphatic rings. The fraction of sp³-hybridized carbons (Fsp3) is 0.500. The largest absolute Gasteiger partial charge is 0.497 e. The Labute approximate surface area is 161 Å². The molecule has 0 spiro atoms. The molecule has 1 heterocycles. The van der Waals surface area contributed by atoms with Crippen molar-refractivity contribution in [3.63, 3.8) is 0 Å². The van der Waals surface area contributed by atoms with Gasteiger partial charge in [-0.1, -0.05) is 26.8 Å². The molecule has 0 fully saturated rings. The molecule has 2 N–H and O–H groups in total. The highest BCUT2D eigenvalue weighted by molar-refractivity contribution is 5.79. The summed E-state index contributed by atoms with van der Waals surface area (Å²) >= 11 is 0. The van der Waals surface area contributed by atoms with Crippen LogP contribution in [0.4, 0.5) is 0 Å². The third-order valence-corrected chi connectivity index (χ3v) is 3.85. The number of oxazole rings is 1. The minimum atomic E-state index is -0.0477. The van der Waals surface area contributed by atoms with Crippen molar-refractivity contribution in [2.45, 2.75) is 39.2 Å². The molecular formula is C20H30N4O3. The van der Waals surface area contributed by atoms with Gasteiger partial charge in [-0.15, -0.1) is 0 Å². The van der Waals surface area contributed by atoms with Crippen LogP contribution in [0.15, 0.2) is 39.9 Å². The summed E-state index contributed by atoms with van der Waals surface area (Å²) in [5.74, 6) is 3.81. The number of aliphatic imine (C=N–C) groups is 1. The second-order valence-corrected chi connectivity index (χ2v) is 7.10. The van der Waals surface area contributed by atoms with E-state index in [1.807, 2.05) is 24.3 Å². The van der Waals surface area contributed by atoms with Crippen LogP contribution >= 0.6 is 0 Å². The van der Waals surface area contributed by atoms with Gasteiger partial charge in [-0.3, -0.25) is 4.99 Å². The molecule has 2 rings (SSSR count). The first-order valence-electron chi connectivity index (χ1n) is 9.09. The molecule has 0 bridgehead atoms. The van der Waals surface area contributed by atoms with Crippen LogP contribution < -0.4 is 20.1 Å². The third-order valence-electron chi connectivity index (χ3n) is 3.85. The third kappa shape index (κ3) is 6.84. The van der Waals surface area contributed by atoms with E-state index in [2.05, 4.69) is 41.4 Å². The van der Waals surface area contributed by atoms with Crippen molar-refractivity contribution in [1.29, 1.82) is 0 Å². The van der Waals surface area contributed by atoms with Crippen molar-refractivity contribution in [3.05, 3.63) is 42.1 Å². The molecule has 7 nitrogen and oxygen atoms in total. The number of benzene rings is 1. The van der Waals surface area contributed by atoms with Gasteiger partial charge in [0.2, 0.25) is 5.89 Å². The first-order valence-corrected chi connectivity index (χ1v) is 9.09.